The Morgan fingerprint density at radius 3 is 2.40 bits per heavy atom. The highest BCUT2D eigenvalue weighted by Gasteiger charge is 2.24. The van der Waals surface area contributed by atoms with Gasteiger partial charge >= 0.3 is 0 Å². The van der Waals surface area contributed by atoms with E-state index >= 15 is 0 Å². The van der Waals surface area contributed by atoms with E-state index in [1.165, 1.54) is 19.1 Å². The molecule has 1 saturated heterocycles. The number of rotatable bonds is 4. The largest absolute Gasteiger partial charge is 0.354 e. The first-order chi connectivity index (χ1) is 9.56. The van der Waals surface area contributed by atoms with Crippen LogP contribution in [0.15, 0.2) is 24.3 Å². The van der Waals surface area contributed by atoms with E-state index in [4.69, 9.17) is 0 Å². The average molecular weight is 279 g/mol. The molecule has 1 heterocycles. The van der Waals surface area contributed by atoms with E-state index in [0.717, 1.165) is 31.7 Å². The van der Waals surface area contributed by atoms with Gasteiger partial charge in [0.1, 0.15) is 5.82 Å². The molecule has 2 rings (SSSR count). The van der Waals surface area contributed by atoms with Gasteiger partial charge in [0.15, 0.2) is 0 Å². The van der Waals surface area contributed by atoms with Crippen LogP contribution in [-0.4, -0.2) is 55.5 Å². The number of nitrogens with one attached hydrogen (secondary N) is 1. The van der Waals surface area contributed by atoms with Crippen molar-refractivity contribution < 1.29 is 9.18 Å². The average Bonchev–Trinajstić information content (AvgIpc) is 2.42. The summed E-state index contributed by atoms with van der Waals surface area (Å²) in [4.78, 5) is 15.8. The molecule has 1 fully saturated rings. The third-order valence-corrected chi connectivity index (χ3v) is 3.78. The number of hydrogen-bond donors (Lipinski definition) is 1. The molecule has 1 aromatic rings. The van der Waals surface area contributed by atoms with Crippen LogP contribution in [0.4, 0.5) is 4.39 Å². The minimum Gasteiger partial charge on any atom is -0.354 e. The Labute approximate surface area is 119 Å². The van der Waals surface area contributed by atoms with Crippen molar-refractivity contribution in [2.45, 2.75) is 13.0 Å². The molecule has 1 atom stereocenters. The highest BCUT2D eigenvalue weighted by atomic mass is 19.1. The van der Waals surface area contributed by atoms with Crippen molar-refractivity contribution in [3.63, 3.8) is 0 Å². The van der Waals surface area contributed by atoms with Gasteiger partial charge in [-0.2, -0.15) is 0 Å². The third kappa shape index (κ3) is 4.02. The second-order valence-electron chi connectivity index (χ2n) is 5.34. The summed E-state index contributed by atoms with van der Waals surface area (Å²) in [5.74, 6) is -0.267. The molecule has 0 spiro atoms. The molecule has 1 amide bonds. The summed E-state index contributed by atoms with van der Waals surface area (Å²) in [7, 11) is 2.11. The topological polar surface area (TPSA) is 35.6 Å². The first-order valence-electron chi connectivity index (χ1n) is 6.99. The molecule has 1 aliphatic rings. The molecule has 1 aliphatic heterocycles. The van der Waals surface area contributed by atoms with Gasteiger partial charge in [0, 0.05) is 39.6 Å². The van der Waals surface area contributed by atoms with Gasteiger partial charge in [0.25, 0.3) is 0 Å². The van der Waals surface area contributed by atoms with Gasteiger partial charge in [-0.3, -0.25) is 9.69 Å². The molecule has 5 heteroatoms. The van der Waals surface area contributed by atoms with Gasteiger partial charge in [-0.25, -0.2) is 4.39 Å². The van der Waals surface area contributed by atoms with Crippen molar-refractivity contribution in [3.8, 4) is 0 Å². The molecule has 0 aromatic heterocycles. The maximum Gasteiger partial charge on any atom is 0.216 e. The molecule has 4 nitrogen and oxygen atoms in total. The molecule has 0 radical (unpaired) electrons. The fourth-order valence-corrected chi connectivity index (χ4v) is 2.52. The van der Waals surface area contributed by atoms with E-state index in [2.05, 4.69) is 22.2 Å². The van der Waals surface area contributed by atoms with Gasteiger partial charge in [-0.15, -0.1) is 0 Å². The summed E-state index contributed by atoms with van der Waals surface area (Å²) < 4.78 is 13.1. The minimum atomic E-state index is -0.231. The maximum atomic E-state index is 13.1. The van der Waals surface area contributed by atoms with Gasteiger partial charge in [-0.1, -0.05) is 12.1 Å². The second kappa shape index (κ2) is 6.81. The zero-order valence-corrected chi connectivity index (χ0v) is 12.1. The van der Waals surface area contributed by atoms with E-state index in [-0.39, 0.29) is 17.8 Å². The first kappa shape index (κ1) is 14.9. The lowest BCUT2D eigenvalue weighted by atomic mass is 10.0. The summed E-state index contributed by atoms with van der Waals surface area (Å²) in [6, 6.07) is 6.67. The minimum absolute atomic E-state index is 0.0359. The predicted octanol–water partition coefficient (Wildman–Crippen LogP) is 1.25. The second-order valence-corrected chi connectivity index (χ2v) is 5.34. The Hall–Kier alpha value is -1.46. The molecule has 1 aromatic carbocycles. The quantitative estimate of drug-likeness (QED) is 0.901. The third-order valence-electron chi connectivity index (χ3n) is 3.78. The van der Waals surface area contributed by atoms with Crippen LogP contribution in [-0.2, 0) is 4.79 Å². The Kier molecular flexibility index (Phi) is 5.09. The van der Waals surface area contributed by atoms with Crippen molar-refractivity contribution in [2.24, 2.45) is 0 Å². The van der Waals surface area contributed by atoms with Gasteiger partial charge in [0.05, 0.1) is 6.04 Å². The zero-order valence-electron chi connectivity index (χ0n) is 12.1. The summed E-state index contributed by atoms with van der Waals surface area (Å²) in [5, 5.41) is 2.88. The monoisotopic (exact) mass is 279 g/mol. The van der Waals surface area contributed by atoms with Crippen LogP contribution < -0.4 is 5.32 Å². The number of carbonyl (C=O) groups excluding carboxylic acids is 1. The lowest BCUT2D eigenvalue weighted by molar-refractivity contribution is -0.119. The van der Waals surface area contributed by atoms with Crippen molar-refractivity contribution in [1.82, 2.24) is 15.1 Å². The fourth-order valence-electron chi connectivity index (χ4n) is 2.52. The van der Waals surface area contributed by atoms with Crippen molar-refractivity contribution >= 4 is 5.91 Å². The maximum absolute atomic E-state index is 13.1. The van der Waals surface area contributed by atoms with Gasteiger partial charge in [0.2, 0.25) is 5.91 Å². The molecule has 1 unspecified atom stereocenters. The number of carbonyl (C=O) groups is 1. The van der Waals surface area contributed by atoms with Crippen LogP contribution in [0.2, 0.25) is 0 Å². The van der Waals surface area contributed by atoms with Gasteiger partial charge < -0.3 is 10.2 Å². The van der Waals surface area contributed by atoms with Crippen LogP contribution >= 0.6 is 0 Å². The number of likely N-dealkylation sites (N-methyl/N-ethyl adjacent to an activating group) is 1. The summed E-state index contributed by atoms with van der Waals surface area (Å²) >= 11 is 0. The standard InChI is InChI=1S/C15H22FN3O/c1-12(20)17-11-15(13-3-5-14(16)6-4-13)19-9-7-18(2)8-10-19/h3-6,15H,7-11H2,1-2H3,(H,17,20). The van der Waals surface area contributed by atoms with E-state index in [1.54, 1.807) is 12.1 Å². The van der Waals surface area contributed by atoms with Crippen LogP contribution in [0.25, 0.3) is 0 Å². The van der Waals surface area contributed by atoms with Crippen molar-refractivity contribution in [2.75, 3.05) is 39.8 Å². The number of amides is 1. The number of piperazine rings is 1. The van der Waals surface area contributed by atoms with Gasteiger partial charge in [-0.05, 0) is 24.7 Å². The predicted molar refractivity (Wildman–Crippen MR) is 76.9 cm³/mol. The highest BCUT2D eigenvalue weighted by Crippen LogP contribution is 2.21. The lowest BCUT2D eigenvalue weighted by Crippen LogP contribution is -2.48. The van der Waals surface area contributed by atoms with Crippen molar-refractivity contribution in [3.05, 3.63) is 35.6 Å². The number of nitrogens with zero attached hydrogens (tertiary/aromatic N) is 2. The summed E-state index contributed by atoms with van der Waals surface area (Å²) in [6.07, 6.45) is 0. The Morgan fingerprint density at radius 1 is 1.25 bits per heavy atom. The molecular weight excluding hydrogens is 257 g/mol. The molecule has 0 bridgehead atoms. The van der Waals surface area contributed by atoms with Crippen LogP contribution in [0, 0.1) is 5.82 Å². The first-order valence-corrected chi connectivity index (χ1v) is 6.99. The molecule has 110 valence electrons. The lowest BCUT2D eigenvalue weighted by Gasteiger charge is -2.38. The number of hydrogen-bond acceptors (Lipinski definition) is 3. The highest BCUT2D eigenvalue weighted by molar-refractivity contribution is 5.72. The zero-order chi connectivity index (χ0) is 14.5. The Bertz CT molecular complexity index is 441. The number of halogens is 1. The Balaban J connectivity index is 2.11. The van der Waals surface area contributed by atoms with Crippen LogP contribution in [0.3, 0.4) is 0 Å². The molecule has 20 heavy (non-hydrogen) atoms. The summed E-state index contributed by atoms with van der Waals surface area (Å²) in [5.41, 5.74) is 1.05. The number of benzene rings is 1. The fraction of sp³-hybridized carbons (Fsp3) is 0.533. The van der Waals surface area contributed by atoms with E-state index in [9.17, 15) is 9.18 Å². The molecular formula is C15H22FN3O. The van der Waals surface area contributed by atoms with E-state index in [0.29, 0.717) is 6.54 Å². The van der Waals surface area contributed by atoms with E-state index < -0.39 is 0 Å². The van der Waals surface area contributed by atoms with Crippen molar-refractivity contribution in [1.29, 1.82) is 0 Å². The molecule has 1 N–H and O–H groups in total. The SMILES string of the molecule is CC(=O)NCC(c1ccc(F)cc1)N1CCN(C)CC1. The van der Waals surface area contributed by atoms with Crippen LogP contribution in [0.1, 0.15) is 18.5 Å². The summed E-state index contributed by atoms with van der Waals surface area (Å²) in [6.45, 7) is 6.02. The smallest absolute Gasteiger partial charge is 0.216 e. The molecule has 0 saturated carbocycles. The van der Waals surface area contributed by atoms with Crippen LogP contribution in [0.5, 0.6) is 0 Å². The Morgan fingerprint density at radius 2 is 1.85 bits per heavy atom. The van der Waals surface area contributed by atoms with E-state index in [1.807, 2.05) is 0 Å². The normalized spacial score (nSPS) is 18.8. The molecule has 0 aliphatic carbocycles.